The zero-order valence-electron chi connectivity index (χ0n) is 20.1. The van der Waals surface area contributed by atoms with Gasteiger partial charge in [0.2, 0.25) is 0 Å². The Labute approximate surface area is 217 Å². The molecule has 1 unspecified atom stereocenters. The summed E-state index contributed by atoms with van der Waals surface area (Å²) < 4.78 is 0. The highest BCUT2D eigenvalue weighted by molar-refractivity contribution is 7.15. The molecule has 0 fully saturated rings. The highest BCUT2D eigenvalue weighted by Crippen LogP contribution is 2.40. The summed E-state index contributed by atoms with van der Waals surface area (Å²) in [5.74, 6) is 0.695. The van der Waals surface area contributed by atoms with Crippen LogP contribution in [0.3, 0.4) is 0 Å². The van der Waals surface area contributed by atoms with Crippen LogP contribution in [0.25, 0.3) is 21.7 Å². The molecule has 9 heteroatoms. The molecular formula is C28H24N6O2S. The Morgan fingerprint density at radius 3 is 2.84 bits per heavy atom. The Morgan fingerprint density at radius 2 is 2.00 bits per heavy atom. The number of aromatic amines is 1. The van der Waals surface area contributed by atoms with E-state index in [2.05, 4.69) is 26.6 Å². The van der Waals surface area contributed by atoms with Crippen molar-refractivity contribution in [3.63, 3.8) is 0 Å². The Balaban J connectivity index is 1.27. The minimum Gasteiger partial charge on any atom is -0.478 e. The lowest BCUT2D eigenvalue weighted by molar-refractivity contribution is 0.0696. The lowest BCUT2D eigenvalue weighted by Crippen LogP contribution is -2.12. The highest BCUT2D eigenvalue weighted by atomic mass is 32.1. The average molecular weight is 509 g/mol. The third-order valence-electron chi connectivity index (χ3n) is 6.60. The quantitative estimate of drug-likeness (QED) is 0.250. The molecule has 0 amide bonds. The number of benzene rings is 1. The Bertz CT molecular complexity index is 1590. The number of aromatic nitrogens is 5. The first kappa shape index (κ1) is 23.1. The number of aryl methyl sites for hydroxylation is 2. The van der Waals surface area contributed by atoms with Crippen molar-refractivity contribution in [2.45, 2.75) is 32.1 Å². The van der Waals surface area contributed by atoms with Crippen LogP contribution in [-0.2, 0) is 6.42 Å². The Hall–Kier alpha value is -4.37. The maximum absolute atomic E-state index is 11.4. The monoisotopic (exact) mass is 508 g/mol. The number of thiazole rings is 1. The van der Waals surface area contributed by atoms with Gasteiger partial charge in [-0.1, -0.05) is 6.07 Å². The van der Waals surface area contributed by atoms with E-state index in [1.54, 1.807) is 29.8 Å². The normalized spacial score (nSPS) is 14.8. The lowest BCUT2D eigenvalue weighted by atomic mass is 9.82. The van der Waals surface area contributed by atoms with E-state index in [9.17, 15) is 9.90 Å². The number of fused-ring (bicyclic) bond motifs is 1. The first-order valence-electron chi connectivity index (χ1n) is 12.1. The van der Waals surface area contributed by atoms with E-state index in [0.29, 0.717) is 17.2 Å². The average Bonchev–Trinajstić information content (AvgIpc) is 3.61. The summed E-state index contributed by atoms with van der Waals surface area (Å²) in [6.45, 7) is 2.05. The molecule has 37 heavy (non-hydrogen) atoms. The van der Waals surface area contributed by atoms with E-state index >= 15 is 0 Å². The number of H-pyrrole nitrogens is 1. The largest absolute Gasteiger partial charge is 0.478 e. The summed E-state index contributed by atoms with van der Waals surface area (Å²) >= 11 is 1.65. The number of rotatable bonds is 6. The van der Waals surface area contributed by atoms with Crippen molar-refractivity contribution >= 4 is 28.9 Å². The Morgan fingerprint density at radius 1 is 1.08 bits per heavy atom. The van der Waals surface area contributed by atoms with Crippen LogP contribution in [0.2, 0.25) is 0 Å². The predicted octanol–water partition coefficient (Wildman–Crippen LogP) is 6.21. The molecule has 6 rings (SSSR count). The molecular weight excluding hydrogens is 484 g/mol. The van der Waals surface area contributed by atoms with E-state index in [1.807, 2.05) is 49.6 Å². The molecule has 5 aromatic rings. The van der Waals surface area contributed by atoms with Crippen LogP contribution in [0.15, 0.2) is 67.3 Å². The fraction of sp³-hybridized carbons (Fsp3) is 0.179. The number of anilines is 2. The number of carboxylic acids is 1. The van der Waals surface area contributed by atoms with Gasteiger partial charge < -0.3 is 10.4 Å². The SMILES string of the molecule is Cc1cc(Nc2cc(-c3cn[nH]c3)ccn2)nc(-c2cnc(C3CCCc4cc(C(=O)O)ccc43)s2)c1. The van der Waals surface area contributed by atoms with Gasteiger partial charge in [0.1, 0.15) is 16.6 Å². The second kappa shape index (κ2) is 9.59. The third-order valence-corrected chi connectivity index (χ3v) is 7.73. The van der Waals surface area contributed by atoms with Gasteiger partial charge in [-0.25, -0.2) is 19.7 Å². The zero-order valence-corrected chi connectivity index (χ0v) is 20.9. The number of nitrogens with zero attached hydrogens (tertiary/aromatic N) is 4. The molecule has 0 saturated carbocycles. The number of pyridine rings is 2. The van der Waals surface area contributed by atoms with Crippen LogP contribution in [0.4, 0.5) is 11.6 Å². The minimum atomic E-state index is -0.889. The molecule has 8 nitrogen and oxygen atoms in total. The van der Waals surface area contributed by atoms with Gasteiger partial charge >= 0.3 is 5.97 Å². The standard InChI is InChI=1S/C28H24N6O2S/c1-16-9-23(33-26(10-16)34-25-12-17(7-8-29-25)20-13-31-32-14-20)24-15-30-27(37-24)22-4-2-3-18-11-19(28(35)36)5-6-21(18)22/h5-15,22H,2-4H2,1H3,(H,31,32)(H,35,36)(H,29,33,34). The molecule has 0 radical (unpaired) electrons. The maximum atomic E-state index is 11.4. The maximum Gasteiger partial charge on any atom is 0.335 e. The number of hydrogen-bond acceptors (Lipinski definition) is 7. The molecule has 0 aliphatic heterocycles. The first-order valence-corrected chi connectivity index (χ1v) is 12.9. The van der Waals surface area contributed by atoms with Crippen LogP contribution in [-0.4, -0.2) is 36.2 Å². The molecule has 1 aliphatic rings. The molecule has 0 spiro atoms. The van der Waals surface area contributed by atoms with Gasteiger partial charge in [-0.2, -0.15) is 5.10 Å². The van der Waals surface area contributed by atoms with Crippen molar-refractivity contribution in [2.24, 2.45) is 0 Å². The highest BCUT2D eigenvalue weighted by Gasteiger charge is 2.25. The molecule has 0 bridgehead atoms. The van der Waals surface area contributed by atoms with Crippen LogP contribution in [0, 0.1) is 6.92 Å². The van der Waals surface area contributed by atoms with E-state index in [1.165, 1.54) is 5.56 Å². The van der Waals surface area contributed by atoms with Crippen molar-refractivity contribution in [1.82, 2.24) is 25.1 Å². The topological polar surface area (TPSA) is 117 Å². The molecule has 4 aromatic heterocycles. The van der Waals surface area contributed by atoms with Gasteiger partial charge in [0.05, 0.1) is 22.3 Å². The van der Waals surface area contributed by atoms with Gasteiger partial charge in [-0.15, -0.1) is 11.3 Å². The van der Waals surface area contributed by atoms with Crippen molar-refractivity contribution in [2.75, 3.05) is 5.32 Å². The summed E-state index contributed by atoms with van der Waals surface area (Å²) in [4.78, 5) is 26.5. The van der Waals surface area contributed by atoms with Gasteiger partial charge in [0, 0.05) is 30.1 Å². The first-order chi connectivity index (χ1) is 18.0. The second-order valence-corrected chi connectivity index (χ2v) is 10.2. The molecule has 1 atom stereocenters. The van der Waals surface area contributed by atoms with Crippen LogP contribution >= 0.6 is 11.3 Å². The zero-order chi connectivity index (χ0) is 25.4. The summed E-state index contributed by atoms with van der Waals surface area (Å²) in [7, 11) is 0. The van der Waals surface area contributed by atoms with E-state index in [4.69, 9.17) is 9.97 Å². The number of nitrogens with one attached hydrogen (secondary N) is 2. The molecule has 0 saturated heterocycles. The second-order valence-electron chi connectivity index (χ2n) is 9.18. The number of hydrogen-bond donors (Lipinski definition) is 3. The van der Waals surface area contributed by atoms with E-state index < -0.39 is 5.97 Å². The van der Waals surface area contributed by atoms with E-state index in [0.717, 1.165) is 57.1 Å². The van der Waals surface area contributed by atoms with Gasteiger partial charge in [0.15, 0.2) is 0 Å². The van der Waals surface area contributed by atoms with Crippen molar-refractivity contribution in [1.29, 1.82) is 0 Å². The molecule has 3 N–H and O–H groups in total. The van der Waals surface area contributed by atoms with Crippen LogP contribution < -0.4 is 5.32 Å². The van der Waals surface area contributed by atoms with Gasteiger partial charge in [-0.05, 0) is 84.8 Å². The van der Waals surface area contributed by atoms with E-state index in [-0.39, 0.29) is 5.92 Å². The molecule has 4 heterocycles. The smallest absolute Gasteiger partial charge is 0.335 e. The summed E-state index contributed by atoms with van der Waals surface area (Å²) in [6, 6.07) is 13.4. The number of aromatic carboxylic acids is 1. The van der Waals surface area contributed by atoms with Crippen molar-refractivity contribution in [3.05, 3.63) is 94.5 Å². The number of carboxylic acid groups (broad SMARTS) is 1. The summed E-state index contributed by atoms with van der Waals surface area (Å²) in [5, 5.41) is 20.6. The van der Waals surface area contributed by atoms with Crippen LogP contribution in [0.1, 0.15) is 50.8 Å². The lowest BCUT2D eigenvalue weighted by Gasteiger charge is -2.24. The van der Waals surface area contributed by atoms with Crippen molar-refractivity contribution in [3.8, 4) is 21.7 Å². The van der Waals surface area contributed by atoms with Gasteiger partial charge in [0.25, 0.3) is 0 Å². The number of carbonyl (C=O) groups is 1. The van der Waals surface area contributed by atoms with Crippen LogP contribution in [0.5, 0.6) is 0 Å². The third kappa shape index (κ3) is 4.73. The Kier molecular flexibility index (Phi) is 5.97. The minimum absolute atomic E-state index is 0.169. The van der Waals surface area contributed by atoms with Crippen molar-refractivity contribution < 1.29 is 9.90 Å². The molecule has 1 aromatic carbocycles. The summed E-state index contributed by atoms with van der Waals surface area (Å²) in [6.07, 6.45) is 10.2. The predicted molar refractivity (Wildman–Crippen MR) is 143 cm³/mol. The van der Waals surface area contributed by atoms with Gasteiger partial charge in [-0.3, -0.25) is 5.10 Å². The summed E-state index contributed by atoms with van der Waals surface area (Å²) in [5.41, 5.74) is 6.57. The fourth-order valence-corrected chi connectivity index (χ4v) is 5.88. The fourth-order valence-electron chi connectivity index (χ4n) is 4.85. The molecule has 184 valence electrons. The molecule has 1 aliphatic carbocycles.